The van der Waals surface area contributed by atoms with Gasteiger partial charge < -0.3 is 4.90 Å². The summed E-state index contributed by atoms with van der Waals surface area (Å²) in [4.78, 5) is 6.85. The average molecular weight is 237 g/mol. The highest BCUT2D eigenvalue weighted by Crippen LogP contribution is 2.24. The Kier molecular flexibility index (Phi) is 2.33. The largest absolute Gasteiger partial charge is 0.306 e. The molecular weight excluding hydrogens is 224 g/mol. The smallest absolute Gasteiger partial charge is 0.156 e. The number of rotatable bonds is 1. The van der Waals surface area contributed by atoms with Gasteiger partial charge in [-0.1, -0.05) is 11.6 Å². The van der Waals surface area contributed by atoms with Crippen LogP contribution in [0.4, 0.5) is 0 Å². The summed E-state index contributed by atoms with van der Waals surface area (Å²) in [5.41, 5.74) is 0.869. The van der Waals surface area contributed by atoms with Gasteiger partial charge in [-0.25, -0.2) is 9.50 Å². The third-order valence-corrected chi connectivity index (χ3v) is 3.29. The second-order valence-corrected chi connectivity index (χ2v) is 4.80. The van der Waals surface area contributed by atoms with Gasteiger partial charge in [0.1, 0.15) is 0 Å². The second kappa shape index (κ2) is 3.71. The molecule has 0 radical (unpaired) electrons. The maximum atomic E-state index is 5.91. The number of halogens is 1. The van der Waals surface area contributed by atoms with E-state index >= 15 is 0 Å². The predicted octanol–water partition coefficient (Wildman–Crippen LogP) is 1.80. The zero-order valence-electron chi connectivity index (χ0n) is 9.10. The Bertz CT molecular complexity index is 522. The Morgan fingerprint density at radius 2 is 2.31 bits per heavy atom. The van der Waals surface area contributed by atoms with Crippen molar-refractivity contribution < 1.29 is 0 Å². The van der Waals surface area contributed by atoms with Crippen LogP contribution in [0.25, 0.3) is 5.65 Å². The van der Waals surface area contributed by atoms with Gasteiger partial charge in [0.25, 0.3) is 0 Å². The Hall–Kier alpha value is -1.13. The molecule has 84 valence electrons. The van der Waals surface area contributed by atoms with E-state index in [0.29, 0.717) is 10.9 Å². The number of likely N-dealkylation sites (tertiary alicyclic amines) is 1. The summed E-state index contributed by atoms with van der Waals surface area (Å²) in [7, 11) is 2.13. The van der Waals surface area contributed by atoms with Crippen LogP contribution < -0.4 is 0 Å². The molecule has 2 aromatic heterocycles. The van der Waals surface area contributed by atoms with Crippen molar-refractivity contribution >= 4 is 17.2 Å². The fraction of sp³-hybridized carbons (Fsp3) is 0.455. The molecule has 1 atom stereocenters. The molecule has 0 spiro atoms. The Morgan fingerprint density at radius 1 is 1.44 bits per heavy atom. The lowest BCUT2D eigenvalue weighted by Crippen LogP contribution is -2.13. The minimum absolute atomic E-state index is 0.462. The zero-order chi connectivity index (χ0) is 11.1. The topological polar surface area (TPSA) is 33.4 Å². The number of aromatic nitrogens is 3. The molecule has 0 N–H and O–H groups in total. The SMILES string of the molecule is CN1CCC(c2nc3ccc(Cl)cn3n2)C1. The van der Waals surface area contributed by atoms with E-state index in [1.54, 1.807) is 10.7 Å². The van der Waals surface area contributed by atoms with Crippen molar-refractivity contribution in [3.63, 3.8) is 0 Å². The average Bonchev–Trinajstić information content (AvgIpc) is 2.83. The van der Waals surface area contributed by atoms with E-state index in [-0.39, 0.29) is 0 Å². The normalized spacial score (nSPS) is 22.0. The Morgan fingerprint density at radius 3 is 3.06 bits per heavy atom. The summed E-state index contributed by atoms with van der Waals surface area (Å²) in [6, 6.07) is 3.74. The third-order valence-electron chi connectivity index (χ3n) is 3.07. The number of likely N-dealkylation sites (N-methyl/N-ethyl adjacent to an activating group) is 1. The quantitative estimate of drug-likeness (QED) is 0.757. The Labute approximate surface area is 98.8 Å². The molecule has 0 saturated carbocycles. The van der Waals surface area contributed by atoms with Crippen molar-refractivity contribution in [1.29, 1.82) is 0 Å². The van der Waals surface area contributed by atoms with Crippen molar-refractivity contribution in [3.8, 4) is 0 Å². The summed E-state index contributed by atoms with van der Waals surface area (Å²) in [6.45, 7) is 2.17. The number of hydrogen-bond donors (Lipinski definition) is 0. The molecule has 1 saturated heterocycles. The maximum absolute atomic E-state index is 5.91. The monoisotopic (exact) mass is 236 g/mol. The van der Waals surface area contributed by atoms with Gasteiger partial charge in [0.15, 0.2) is 11.5 Å². The number of hydrogen-bond acceptors (Lipinski definition) is 3. The number of nitrogens with zero attached hydrogens (tertiary/aromatic N) is 4. The van der Waals surface area contributed by atoms with Crippen molar-refractivity contribution in [2.75, 3.05) is 20.1 Å². The summed E-state index contributed by atoms with van der Waals surface area (Å²) >= 11 is 5.91. The minimum Gasteiger partial charge on any atom is -0.306 e. The fourth-order valence-corrected chi connectivity index (χ4v) is 2.35. The summed E-state index contributed by atoms with van der Waals surface area (Å²) < 4.78 is 1.76. The molecule has 0 amide bonds. The van der Waals surface area contributed by atoms with E-state index < -0.39 is 0 Å². The van der Waals surface area contributed by atoms with E-state index in [9.17, 15) is 0 Å². The molecule has 1 aliphatic rings. The highest BCUT2D eigenvalue weighted by atomic mass is 35.5. The molecule has 2 aromatic rings. The molecule has 1 aliphatic heterocycles. The van der Waals surface area contributed by atoms with Gasteiger partial charge in [0.2, 0.25) is 0 Å². The van der Waals surface area contributed by atoms with Gasteiger partial charge in [-0.15, -0.1) is 0 Å². The molecule has 16 heavy (non-hydrogen) atoms. The first-order valence-electron chi connectivity index (χ1n) is 5.43. The van der Waals surface area contributed by atoms with Crippen LogP contribution in [-0.2, 0) is 0 Å². The van der Waals surface area contributed by atoms with Crippen LogP contribution in [-0.4, -0.2) is 39.6 Å². The van der Waals surface area contributed by atoms with E-state index in [2.05, 4.69) is 22.0 Å². The van der Waals surface area contributed by atoms with Gasteiger partial charge in [-0.05, 0) is 32.1 Å². The van der Waals surface area contributed by atoms with E-state index in [1.165, 1.54) is 0 Å². The van der Waals surface area contributed by atoms with Crippen molar-refractivity contribution in [2.24, 2.45) is 0 Å². The molecule has 1 fully saturated rings. The lowest BCUT2D eigenvalue weighted by molar-refractivity contribution is 0.409. The predicted molar refractivity (Wildman–Crippen MR) is 62.9 cm³/mol. The first-order valence-corrected chi connectivity index (χ1v) is 5.80. The van der Waals surface area contributed by atoms with Gasteiger partial charge in [-0.3, -0.25) is 0 Å². The van der Waals surface area contributed by atoms with Gasteiger partial charge in [-0.2, -0.15) is 5.10 Å². The Balaban J connectivity index is 1.99. The molecule has 0 bridgehead atoms. The standard InChI is InChI=1S/C11H13ClN4/c1-15-5-4-8(6-15)11-13-10-3-2-9(12)7-16(10)14-11/h2-3,7-8H,4-6H2,1H3. The lowest BCUT2D eigenvalue weighted by atomic mass is 10.1. The van der Waals surface area contributed by atoms with Crippen LogP contribution in [0, 0.1) is 0 Å². The number of pyridine rings is 1. The van der Waals surface area contributed by atoms with E-state index in [1.807, 2.05) is 12.1 Å². The van der Waals surface area contributed by atoms with Crippen LogP contribution in [0.15, 0.2) is 18.3 Å². The van der Waals surface area contributed by atoms with Gasteiger partial charge in [0.05, 0.1) is 5.02 Å². The van der Waals surface area contributed by atoms with Crippen molar-refractivity contribution in [1.82, 2.24) is 19.5 Å². The van der Waals surface area contributed by atoms with Crippen LogP contribution >= 0.6 is 11.6 Å². The van der Waals surface area contributed by atoms with Gasteiger partial charge in [0, 0.05) is 18.7 Å². The van der Waals surface area contributed by atoms with Crippen LogP contribution in [0.5, 0.6) is 0 Å². The molecule has 5 heteroatoms. The summed E-state index contributed by atoms with van der Waals surface area (Å²) in [6.07, 6.45) is 2.94. The summed E-state index contributed by atoms with van der Waals surface area (Å²) in [5.74, 6) is 1.40. The van der Waals surface area contributed by atoms with E-state index in [4.69, 9.17) is 11.6 Å². The van der Waals surface area contributed by atoms with Crippen LogP contribution in [0.2, 0.25) is 5.02 Å². The first kappa shape index (κ1) is 10.1. The summed E-state index contributed by atoms with van der Waals surface area (Å²) in [5, 5.41) is 5.17. The third kappa shape index (κ3) is 1.68. The lowest BCUT2D eigenvalue weighted by Gasteiger charge is -2.05. The zero-order valence-corrected chi connectivity index (χ0v) is 9.85. The van der Waals surface area contributed by atoms with Gasteiger partial charge >= 0.3 is 0 Å². The second-order valence-electron chi connectivity index (χ2n) is 4.37. The number of fused-ring (bicyclic) bond motifs is 1. The molecular formula is C11H13ClN4. The van der Waals surface area contributed by atoms with Crippen molar-refractivity contribution in [2.45, 2.75) is 12.3 Å². The van der Waals surface area contributed by atoms with Crippen LogP contribution in [0.3, 0.4) is 0 Å². The first-order chi connectivity index (χ1) is 7.72. The molecule has 3 rings (SSSR count). The fourth-order valence-electron chi connectivity index (χ4n) is 2.19. The highest BCUT2D eigenvalue weighted by molar-refractivity contribution is 6.30. The minimum atomic E-state index is 0.462. The molecule has 0 aliphatic carbocycles. The molecule has 4 nitrogen and oxygen atoms in total. The van der Waals surface area contributed by atoms with Crippen molar-refractivity contribution in [3.05, 3.63) is 29.2 Å². The highest BCUT2D eigenvalue weighted by Gasteiger charge is 2.24. The molecule has 0 aromatic carbocycles. The van der Waals surface area contributed by atoms with E-state index in [0.717, 1.165) is 31.0 Å². The van der Waals surface area contributed by atoms with Crippen LogP contribution in [0.1, 0.15) is 18.2 Å². The molecule has 3 heterocycles. The molecule has 1 unspecified atom stereocenters. The maximum Gasteiger partial charge on any atom is 0.156 e.